The van der Waals surface area contributed by atoms with E-state index in [1.807, 2.05) is 18.2 Å². The molecule has 120 valence electrons. The van der Waals surface area contributed by atoms with Gasteiger partial charge in [0.15, 0.2) is 18.2 Å². The molecule has 0 saturated carbocycles. The predicted molar refractivity (Wildman–Crippen MR) is 85.6 cm³/mol. The van der Waals surface area contributed by atoms with Crippen molar-refractivity contribution >= 4 is 11.6 Å². The third-order valence-electron chi connectivity index (χ3n) is 3.90. The van der Waals surface area contributed by atoms with Gasteiger partial charge in [-0.3, -0.25) is 4.79 Å². The second kappa shape index (κ2) is 6.69. The number of ether oxygens (including phenoxy) is 2. The van der Waals surface area contributed by atoms with Gasteiger partial charge in [-0.25, -0.2) is 4.39 Å². The van der Waals surface area contributed by atoms with Gasteiger partial charge < -0.3 is 14.4 Å². The molecular formula is C18H18FNO3. The Bertz CT molecular complexity index is 717. The van der Waals surface area contributed by atoms with Crippen molar-refractivity contribution in [2.24, 2.45) is 0 Å². The molecule has 0 atom stereocenters. The average Bonchev–Trinajstić information content (AvgIpc) is 2.59. The first-order chi connectivity index (χ1) is 11.2. The summed E-state index contributed by atoms with van der Waals surface area (Å²) < 4.78 is 24.1. The van der Waals surface area contributed by atoms with E-state index < -0.39 is 5.82 Å². The van der Waals surface area contributed by atoms with Gasteiger partial charge in [0.25, 0.3) is 5.91 Å². The molecule has 0 aliphatic carbocycles. The van der Waals surface area contributed by atoms with Crippen molar-refractivity contribution in [3.63, 3.8) is 0 Å². The molecule has 23 heavy (non-hydrogen) atoms. The van der Waals surface area contributed by atoms with Crippen molar-refractivity contribution < 1.29 is 18.7 Å². The van der Waals surface area contributed by atoms with Crippen LogP contribution in [0.5, 0.6) is 11.5 Å². The van der Waals surface area contributed by atoms with E-state index in [4.69, 9.17) is 9.47 Å². The van der Waals surface area contributed by atoms with Gasteiger partial charge in [0.2, 0.25) is 0 Å². The number of anilines is 1. The predicted octanol–water partition coefficient (Wildman–Crippen LogP) is 3.19. The number of amides is 1. The SMILES string of the molecule is COc1ccc2c(c1)N(C(=O)COc1ccccc1F)CCC2. The molecule has 0 unspecified atom stereocenters. The van der Waals surface area contributed by atoms with Crippen LogP contribution in [0.3, 0.4) is 0 Å². The van der Waals surface area contributed by atoms with Crippen LogP contribution in [0.15, 0.2) is 42.5 Å². The van der Waals surface area contributed by atoms with E-state index in [1.165, 1.54) is 12.1 Å². The first kappa shape index (κ1) is 15.3. The molecule has 3 rings (SSSR count). The van der Waals surface area contributed by atoms with E-state index in [0.717, 1.165) is 24.1 Å². The van der Waals surface area contributed by atoms with Crippen LogP contribution in [-0.4, -0.2) is 26.2 Å². The fourth-order valence-electron chi connectivity index (χ4n) is 2.72. The smallest absolute Gasteiger partial charge is 0.264 e. The maximum absolute atomic E-state index is 13.6. The number of hydrogen-bond donors (Lipinski definition) is 0. The molecule has 1 amide bonds. The van der Waals surface area contributed by atoms with Crippen LogP contribution in [0.25, 0.3) is 0 Å². The minimum atomic E-state index is -0.471. The first-order valence-corrected chi connectivity index (χ1v) is 7.53. The maximum atomic E-state index is 13.6. The fraction of sp³-hybridized carbons (Fsp3) is 0.278. The van der Waals surface area contributed by atoms with E-state index in [-0.39, 0.29) is 18.3 Å². The van der Waals surface area contributed by atoms with Crippen LogP contribution >= 0.6 is 0 Å². The summed E-state index contributed by atoms with van der Waals surface area (Å²) >= 11 is 0. The zero-order valence-corrected chi connectivity index (χ0v) is 12.9. The average molecular weight is 315 g/mol. The highest BCUT2D eigenvalue weighted by atomic mass is 19.1. The minimum absolute atomic E-state index is 0.0868. The number of rotatable bonds is 4. The van der Waals surface area contributed by atoms with Crippen LogP contribution in [-0.2, 0) is 11.2 Å². The van der Waals surface area contributed by atoms with E-state index in [9.17, 15) is 9.18 Å². The Hall–Kier alpha value is -2.56. The summed E-state index contributed by atoms with van der Waals surface area (Å²) in [5.74, 6) is 0.130. The molecule has 0 saturated heterocycles. The molecule has 1 aliphatic rings. The second-order valence-electron chi connectivity index (χ2n) is 5.36. The molecule has 0 N–H and O–H groups in total. The first-order valence-electron chi connectivity index (χ1n) is 7.53. The molecule has 5 heteroatoms. The molecule has 1 aliphatic heterocycles. The van der Waals surface area contributed by atoms with Gasteiger partial charge in [0.1, 0.15) is 5.75 Å². The molecule has 0 spiro atoms. The van der Waals surface area contributed by atoms with Crippen molar-refractivity contribution in [2.45, 2.75) is 12.8 Å². The van der Waals surface area contributed by atoms with E-state index in [0.29, 0.717) is 12.3 Å². The van der Waals surface area contributed by atoms with Gasteiger partial charge in [0.05, 0.1) is 12.8 Å². The number of hydrogen-bond acceptors (Lipinski definition) is 3. The third-order valence-corrected chi connectivity index (χ3v) is 3.90. The maximum Gasteiger partial charge on any atom is 0.264 e. The molecule has 0 fully saturated rings. The lowest BCUT2D eigenvalue weighted by Gasteiger charge is -2.29. The minimum Gasteiger partial charge on any atom is -0.497 e. The summed E-state index contributed by atoms with van der Waals surface area (Å²) in [6.45, 7) is 0.428. The zero-order valence-electron chi connectivity index (χ0n) is 12.9. The van der Waals surface area contributed by atoms with Gasteiger partial charge in [0, 0.05) is 12.6 Å². The van der Waals surface area contributed by atoms with Crippen molar-refractivity contribution in [1.82, 2.24) is 0 Å². The normalized spacial score (nSPS) is 13.4. The number of fused-ring (bicyclic) bond motifs is 1. The van der Waals surface area contributed by atoms with Gasteiger partial charge in [-0.15, -0.1) is 0 Å². The highest BCUT2D eigenvalue weighted by Gasteiger charge is 2.23. The summed E-state index contributed by atoms with van der Waals surface area (Å²) in [5.41, 5.74) is 1.95. The lowest BCUT2D eigenvalue weighted by atomic mass is 10.0. The summed E-state index contributed by atoms with van der Waals surface area (Å²) in [5, 5.41) is 0. The summed E-state index contributed by atoms with van der Waals surface area (Å²) in [7, 11) is 1.60. The molecule has 0 bridgehead atoms. The van der Waals surface area contributed by atoms with E-state index >= 15 is 0 Å². The Morgan fingerprint density at radius 3 is 2.87 bits per heavy atom. The number of nitrogens with zero attached hydrogens (tertiary/aromatic N) is 1. The summed E-state index contributed by atoms with van der Waals surface area (Å²) in [6.07, 6.45) is 1.82. The van der Waals surface area contributed by atoms with Crippen LogP contribution in [0, 0.1) is 5.82 Å². The third kappa shape index (κ3) is 3.28. The lowest BCUT2D eigenvalue weighted by molar-refractivity contribution is -0.120. The van der Waals surface area contributed by atoms with Gasteiger partial charge >= 0.3 is 0 Å². The van der Waals surface area contributed by atoms with Gasteiger partial charge in [-0.2, -0.15) is 0 Å². The largest absolute Gasteiger partial charge is 0.497 e. The number of halogens is 1. The molecule has 1 heterocycles. The van der Waals surface area contributed by atoms with E-state index in [1.54, 1.807) is 24.1 Å². The molecule has 2 aromatic rings. The molecule has 0 radical (unpaired) electrons. The van der Waals surface area contributed by atoms with Crippen LogP contribution in [0.4, 0.5) is 10.1 Å². The van der Waals surface area contributed by atoms with Crippen molar-refractivity contribution in [2.75, 3.05) is 25.2 Å². The number of para-hydroxylation sites is 1. The molecule has 4 nitrogen and oxygen atoms in total. The lowest BCUT2D eigenvalue weighted by Crippen LogP contribution is -2.38. The van der Waals surface area contributed by atoms with Crippen LogP contribution in [0.1, 0.15) is 12.0 Å². The Labute approximate surface area is 134 Å². The Morgan fingerprint density at radius 2 is 2.09 bits per heavy atom. The summed E-state index contributed by atoms with van der Waals surface area (Å²) in [6, 6.07) is 11.8. The fourth-order valence-corrected chi connectivity index (χ4v) is 2.72. The van der Waals surface area contributed by atoms with E-state index in [2.05, 4.69) is 0 Å². The number of carbonyl (C=O) groups excluding carboxylic acids is 1. The van der Waals surface area contributed by atoms with Crippen molar-refractivity contribution in [1.29, 1.82) is 0 Å². The van der Waals surface area contributed by atoms with Gasteiger partial charge in [-0.1, -0.05) is 18.2 Å². The van der Waals surface area contributed by atoms with Crippen LogP contribution < -0.4 is 14.4 Å². The quantitative estimate of drug-likeness (QED) is 0.870. The van der Waals surface area contributed by atoms with Crippen molar-refractivity contribution in [3.05, 3.63) is 53.8 Å². The highest BCUT2D eigenvalue weighted by Crippen LogP contribution is 2.31. The topological polar surface area (TPSA) is 38.8 Å². The number of methoxy groups -OCH3 is 1. The molecule has 2 aromatic carbocycles. The van der Waals surface area contributed by atoms with Gasteiger partial charge in [-0.05, 0) is 36.6 Å². The van der Waals surface area contributed by atoms with Crippen molar-refractivity contribution in [3.8, 4) is 11.5 Å². The second-order valence-corrected chi connectivity index (χ2v) is 5.36. The number of carbonyl (C=O) groups is 1. The Morgan fingerprint density at radius 1 is 1.26 bits per heavy atom. The number of benzene rings is 2. The van der Waals surface area contributed by atoms with Crippen LogP contribution in [0.2, 0.25) is 0 Å². The monoisotopic (exact) mass is 315 g/mol. The molecular weight excluding hydrogens is 297 g/mol. The Kier molecular flexibility index (Phi) is 4.46. The standard InChI is InChI=1S/C18H18FNO3/c1-22-14-9-8-13-5-4-10-20(16(13)11-14)18(21)12-23-17-7-3-2-6-15(17)19/h2-3,6-9,11H,4-5,10,12H2,1H3. The molecule has 0 aromatic heterocycles. The number of aryl methyl sites for hydroxylation is 1. The highest BCUT2D eigenvalue weighted by molar-refractivity contribution is 5.95. The Balaban J connectivity index is 1.75. The zero-order chi connectivity index (χ0) is 16.2. The summed E-state index contributed by atoms with van der Waals surface area (Å²) in [4.78, 5) is 14.2.